The topological polar surface area (TPSA) is 84.9 Å². The molecule has 2 rings (SSSR count). The van der Waals surface area contributed by atoms with Crippen molar-refractivity contribution >= 4 is 18.0 Å². The summed E-state index contributed by atoms with van der Waals surface area (Å²) in [7, 11) is 0. The minimum absolute atomic E-state index is 0.246. The van der Waals surface area contributed by atoms with Crippen LogP contribution in [0.3, 0.4) is 0 Å². The number of benzene rings is 2. The Bertz CT molecular complexity index is 799. The van der Waals surface area contributed by atoms with Gasteiger partial charge in [-0.2, -0.15) is 0 Å². The molecular formula is C20H21NO5. The highest BCUT2D eigenvalue weighted by molar-refractivity contribution is 6.02. The molecule has 136 valence electrons. The third-order valence-electron chi connectivity index (χ3n) is 3.41. The summed E-state index contributed by atoms with van der Waals surface area (Å²) in [5, 5.41) is 11.9. The summed E-state index contributed by atoms with van der Waals surface area (Å²) < 4.78 is 11.0. The van der Waals surface area contributed by atoms with Crippen molar-refractivity contribution in [3.8, 4) is 11.5 Å². The number of nitrogens with one attached hydrogen (secondary N) is 1. The van der Waals surface area contributed by atoms with Crippen molar-refractivity contribution in [1.29, 1.82) is 0 Å². The highest BCUT2D eigenvalue weighted by atomic mass is 16.5. The Labute approximate surface area is 152 Å². The zero-order valence-electron chi connectivity index (χ0n) is 14.7. The van der Waals surface area contributed by atoms with Gasteiger partial charge in [-0.3, -0.25) is 4.79 Å². The number of carbonyl (C=O) groups is 2. The molecular weight excluding hydrogens is 334 g/mol. The molecule has 0 aliphatic carbocycles. The van der Waals surface area contributed by atoms with E-state index in [0.29, 0.717) is 35.8 Å². The highest BCUT2D eigenvalue weighted by Gasteiger charge is 2.15. The van der Waals surface area contributed by atoms with E-state index in [9.17, 15) is 14.7 Å². The summed E-state index contributed by atoms with van der Waals surface area (Å²) in [6.45, 7) is 4.62. The Kier molecular flexibility index (Phi) is 6.79. The average molecular weight is 355 g/mol. The second kappa shape index (κ2) is 9.27. The maximum Gasteiger partial charge on any atom is 0.352 e. The number of carboxylic acid groups (broad SMARTS) is 1. The highest BCUT2D eigenvalue weighted by Crippen LogP contribution is 2.27. The molecule has 0 saturated carbocycles. The Morgan fingerprint density at radius 1 is 1.04 bits per heavy atom. The normalized spacial score (nSPS) is 10.9. The fourth-order valence-corrected chi connectivity index (χ4v) is 2.26. The molecule has 0 aliphatic rings. The van der Waals surface area contributed by atoms with Crippen molar-refractivity contribution in [2.45, 2.75) is 13.8 Å². The van der Waals surface area contributed by atoms with Gasteiger partial charge < -0.3 is 19.9 Å². The van der Waals surface area contributed by atoms with E-state index < -0.39 is 11.9 Å². The second-order valence-electron chi connectivity index (χ2n) is 5.25. The second-order valence-corrected chi connectivity index (χ2v) is 5.25. The van der Waals surface area contributed by atoms with Gasteiger partial charge in [0.05, 0.1) is 13.2 Å². The summed E-state index contributed by atoms with van der Waals surface area (Å²) in [5.74, 6) is -0.641. The van der Waals surface area contributed by atoms with Crippen LogP contribution in [0.15, 0.2) is 54.2 Å². The van der Waals surface area contributed by atoms with Crippen molar-refractivity contribution in [1.82, 2.24) is 5.32 Å². The van der Waals surface area contributed by atoms with E-state index in [1.54, 1.807) is 48.5 Å². The predicted octanol–water partition coefficient (Wildman–Crippen LogP) is 3.34. The molecule has 2 aromatic rings. The molecule has 26 heavy (non-hydrogen) atoms. The zero-order valence-corrected chi connectivity index (χ0v) is 14.7. The van der Waals surface area contributed by atoms with Gasteiger partial charge in [0.2, 0.25) is 0 Å². The molecule has 0 spiro atoms. The van der Waals surface area contributed by atoms with Crippen LogP contribution in [0.2, 0.25) is 0 Å². The molecule has 1 amide bonds. The van der Waals surface area contributed by atoms with E-state index in [-0.39, 0.29) is 5.70 Å². The lowest BCUT2D eigenvalue weighted by Gasteiger charge is -2.12. The van der Waals surface area contributed by atoms with Gasteiger partial charge in [-0.25, -0.2) is 4.79 Å². The fraction of sp³-hybridized carbons (Fsp3) is 0.200. The van der Waals surface area contributed by atoms with Gasteiger partial charge in [-0.1, -0.05) is 18.2 Å². The molecule has 0 saturated heterocycles. The first kappa shape index (κ1) is 19.1. The van der Waals surface area contributed by atoms with E-state index >= 15 is 0 Å². The number of carbonyl (C=O) groups excluding carboxylic acids is 1. The molecule has 0 aliphatic heterocycles. The fourth-order valence-electron chi connectivity index (χ4n) is 2.26. The first-order valence-corrected chi connectivity index (χ1v) is 8.26. The third-order valence-corrected chi connectivity index (χ3v) is 3.41. The van der Waals surface area contributed by atoms with Crippen molar-refractivity contribution in [3.63, 3.8) is 0 Å². The van der Waals surface area contributed by atoms with Crippen molar-refractivity contribution in [3.05, 3.63) is 65.4 Å². The van der Waals surface area contributed by atoms with Gasteiger partial charge in [0, 0.05) is 17.2 Å². The molecule has 6 heteroatoms. The van der Waals surface area contributed by atoms with Crippen LogP contribution < -0.4 is 14.8 Å². The monoisotopic (exact) mass is 355 g/mol. The molecule has 0 fully saturated rings. The summed E-state index contributed by atoms with van der Waals surface area (Å²) in [4.78, 5) is 23.8. The number of hydrogen-bond acceptors (Lipinski definition) is 4. The largest absolute Gasteiger partial charge is 0.494 e. The molecule has 0 aromatic heterocycles. The van der Waals surface area contributed by atoms with Crippen LogP contribution in [0.25, 0.3) is 6.08 Å². The summed E-state index contributed by atoms with van der Waals surface area (Å²) in [5.41, 5.74) is 0.654. The van der Waals surface area contributed by atoms with Crippen molar-refractivity contribution in [2.75, 3.05) is 13.2 Å². The molecule has 2 N–H and O–H groups in total. The number of hydrogen-bond donors (Lipinski definition) is 2. The molecule has 0 heterocycles. The average Bonchev–Trinajstić information content (AvgIpc) is 2.64. The summed E-state index contributed by atoms with van der Waals surface area (Å²) in [6.07, 6.45) is 1.36. The summed E-state index contributed by atoms with van der Waals surface area (Å²) in [6, 6.07) is 13.5. The minimum Gasteiger partial charge on any atom is -0.494 e. The Balaban J connectivity index is 2.33. The smallest absolute Gasteiger partial charge is 0.352 e. The van der Waals surface area contributed by atoms with Crippen molar-refractivity contribution in [2.24, 2.45) is 0 Å². The maximum absolute atomic E-state index is 12.2. The molecule has 0 radical (unpaired) electrons. The summed E-state index contributed by atoms with van der Waals surface area (Å²) >= 11 is 0. The van der Waals surface area contributed by atoms with E-state index in [0.717, 1.165) is 0 Å². The van der Waals surface area contributed by atoms with E-state index in [1.807, 2.05) is 13.8 Å². The lowest BCUT2D eigenvalue weighted by molar-refractivity contribution is -0.132. The van der Waals surface area contributed by atoms with Crippen LogP contribution in [-0.2, 0) is 4.79 Å². The van der Waals surface area contributed by atoms with Crippen LogP contribution in [-0.4, -0.2) is 30.2 Å². The van der Waals surface area contributed by atoms with Crippen LogP contribution in [0.4, 0.5) is 0 Å². The number of carboxylic acids is 1. The lowest BCUT2D eigenvalue weighted by atomic mass is 10.1. The van der Waals surface area contributed by atoms with E-state index in [4.69, 9.17) is 9.47 Å². The van der Waals surface area contributed by atoms with Crippen LogP contribution in [0.5, 0.6) is 11.5 Å². The first-order valence-electron chi connectivity index (χ1n) is 8.26. The van der Waals surface area contributed by atoms with Gasteiger partial charge in [0.25, 0.3) is 5.91 Å². The van der Waals surface area contributed by atoms with Gasteiger partial charge >= 0.3 is 5.97 Å². The van der Waals surface area contributed by atoms with Gasteiger partial charge in [0.1, 0.15) is 17.2 Å². The Morgan fingerprint density at radius 3 is 2.35 bits per heavy atom. The number of aliphatic carboxylic acids is 1. The van der Waals surface area contributed by atoms with Crippen LogP contribution in [0, 0.1) is 0 Å². The van der Waals surface area contributed by atoms with Gasteiger partial charge in [0.15, 0.2) is 0 Å². The van der Waals surface area contributed by atoms with Crippen LogP contribution >= 0.6 is 0 Å². The Morgan fingerprint density at radius 2 is 1.73 bits per heavy atom. The number of amides is 1. The molecule has 6 nitrogen and oxygen atoms in total. The van der Waals surface area contributed by atoms with Crippen LogP contribution in [0.1, 0.15) is 29.8 Å². The van der Waals surface area contributed by atoms with E-state index in [1.165, 1.54) is 6.08 Å². The molecule has 0 unspecified atom stereocenters. The number of ether oxygens (including phenoxy) is 2. The molecule has 0 bridgehead atoms. The standard InChI is InChI=1S/C20H21NO5/c1-3-25-16-11-10-15(18(13-16)26-4-2)12-17(20(23)24)21-19(22)14-8-6-5-7-9-14/h5-13H,3-4H2,1-2H3,(H,21,22)(H,23,24)/b17-12+. The molecule has 2 aromatic carbocycles. The lowest BCUT2D eigenvalue weighted by Crippen LogP contribution is -2.27. The third kappa shape index (κ3) is 5.11. The van der Waals surface area contributed by atoms with E-state index in [2.05, 4.69) is 5.32 Å². The maximum atomic E-state index is 12.2. The molecule has 0 atom stereocenters. The Hall–Kier alpha value is -3.28. The quantitative estimate of drug-likeness (QED) is 0.710. The first-order chi connectivity index (χ1) is 12.5. The predicted molar refractivity (Wildman–Crippen MR) is 98.3 cm³/mol. The van der Waals surface area contributed by atoms with Gasteiger partial charge in [-0.15, -0.1) is 0 Å². The van der Waals surface area contributed by atoms with Crippen molar-refractivity contribution < 1.29 is 24.2 Å². The SMILES string of the molecule is CCOc1ccc(/C=C(/NC(=O)c2ccccc2)C(=O)O)c(OCC)c1. The minimum atomic E-state index is -1.24. The number of rotatable bonds is 8. The van der Waals surface area contributed by atoms with Gasteiger partial charge in [-0.05, 0) is 44.2 Å². The zero-order chi connectivity index (χ0) is 18.9.